The molecule has 1 aromatic carbocycles. The van der Waals surface area contributed by atoms with E-state index >= 15 is 0 Å². The maximum Gasteiger partial charge on any atom is 0.290 e. The lowest BCUT2D eigenvalue weighted by atomic mass is 10.00. The molecule has 6 rings (SSSR count). The molecule has 2 aromatic heterocycles. The van der Waals surface area contributed by atoms with Crippen LogP contribution in [-0.4, -0.2) is 39.8 Å². The van der Waals surface area contributed by atoms with Gasteiger partial charge >= 0.3 is 0 Å². The first kappa shape index (κ1) is 20.4. The number of anilines is 1. The van der Waals surface area contributed by atoms with Crippen LogP contribution in [0, 0.1) is 19.8 Å². The first-order valence-electron chi connectivity index (χ1n) is 12.0. The third-order valence-electron chi connectivity index (χ3n) is 7.33. The Morgan fingerprint density at radius 1 is 1.12 bits per heavy atom. The molecule has 170 valence electrons. The Hall–Kier alpha value is -3.22. The van der Waals surface area contributed by atoms with E-state index in [-0.39, 0.29) is 17.9 Å². The number of furan rings is 1. The number of aromatic nitrogens is 2. The van der Waals surface area contributed by atoms with Crippen LogP contribution in [0.3, 0.4) is 0 Å². The maximum absolute atomic E-state index is 13.7. The Morgan fingerprint density at radius 2 is 1.94 bits per heavy atom. The van der Waals surface area contributed by atoms with Crippen molar-refractivity contribution in [3.05, 3.63) is 52.7 Å². The molecule has 2 amide bonds. The minimum Gasteiger partial charge on any atom is -0.451 e. The molecule has 2 aliphatic heterocycles. The molecule has 4 heterocycles. The van der Waals surface area contributed by atoms with Crippen LogP contribution in [0.25, 0.3) is 11.0 Å². The summed E-state index contributed by atoms with van der Waals surface area (Å²) in [6.45, 7) is 5.28. The lowest BCUT2D eigenvalue weighted by molar-refractivity contribution is -0.117. The summed E-state index contributed by atoms with van der Waals surface area (Å²) in [6, 6.07) is 7.53. The van der Waals surface area contributed by atoms with E-state index in [9.17, 15) is 9.59 Å². The molecule has 1 saturated carbocycles. The molecule has 1 atom stereocenters. The van der Waals surface area contributed by atoms with Crippen molar-refractivity contribution in [3.8, 4) is 0 Å². The average Bonchev–Trinajstić information content (AvgIpc) is 3.52. The van der Waals surface area contributed by atoms with E-state index in [2.05, 4.69) is 0 Å². The highest BCUT2D eigenvalue weighted by Gasteiger charge is 2.38. The largest absolute Gasteiger partial charge is 0.451 e. The van der Waals surface area contributed by atoms with Crippen molar-refractivity contribution in [1.29, 1.82) is 0 Å². The Balaban J connectivity index is 1.36. The molecule has 0 spiro atoms. The Morgan fingerprint density at radius 3 is 2.73 bits per heavy atom. The summed E-state index contributed by atoms with van der Waals surface area (Å²) in [5, 5.41) is 0.966. The highest BCUT2D eigenvalue weighted by Crippen LogP contribution is 2.38. The van der Waals surface area contributed by atoms with E-state index in [1.54, 1.807) is 0 Å². The predicted octanol–water partition coefficient (Wildman–Crippen LogP) is 4.51. The number of carbonyl (C=O) groups is 2. The van der Waals surface area contributed by atoms with E-state index in [4.69, 9.17) is 14.4 Å². The summed E-state index contributed by atoms with van der Waals surface area (Å²) >= 11 is 0. The third-order valence-corrected chi connectivity index (χ3v) is 7.33. The fraction of sp³-hybridized carbons (Fsp3) is 0.462. The van der Waals surface area contributed by atoms with Crippen molar-refractivity contribution in [3.63, 3.8) is 0 Å². The van der Waals surface area contributed by atoms with Crippen molar-refractivity contribution in [1.82, 2.24) is 14.9 Å². The highest BCUT2D eigenvalue weighted by molar-refractivity contribution is 6.01. The number of likely N-dealkylation sites (tertiary alicyclic amines) is 1. The van der Waals surface area contributed by atoms with Crippen LogP contribution >= 0.6 is 0 Å². The van der Waals surface area contributed by atoms with Gasteiger partial charge in [-0.15, -0.1) is 0 Å². The standard InChI is InChI=1S/C26H28N4O3/c1-15-18-7-3-4-9-21(18)33-23(15)26(32)29-12-6-5-8-20(29)24-27-16(2)19-13-22(31)30(25(19)28-24)14-17-10-11-17/h3-4,7,9,17,20H,5-6,8,10-14H2,1-2H3. The molecular formula is C26H28N4O3. The Kier molecular flexibility index (Phi) is 4.75. The molecule has 1 unspecified atom stereocenters. The van der Waals surface area contributed by atoms with Gasteiger partial charge in [-0.2, -0.15) is 0 Å². The SMILES string of the molecule is Cc1nc(C2CCCCN2C(=O)c2oc3ccccc3c2C)nc2c1CC(=O)N2CC1CC1. The highest BCUT2D eigenvalue weighted by atomic mass is 16.3. The van der Waals surface area contributed by atoms with Crippen LogP contribution in [0.5, 0.6) is 0 Å². The second kappa shape index (κ2) is 7.68. The fourth-order valence-corrected chi connectivity index (χ4v) is 5.24. The summed E-state index contributed by atoms with van der Waals surface area (Å²) in [5.41, 5.74) is 3.38. The minimum absolute atomic E-state index is 0.110. The molecule has 7 heteroatoms. The smallest absolute Gasteiger partial charge is 0.290 e. The predicted molar refractivity (Wildman–Crippen MR) is 124 cm³/mol. The molecule has 3 aliphatic rings. The van der Waals surface area contributed by atoms with Crippen molar-refractivity contribution < 1.29 is 14.0 Å². The number of fused-ring (bicyclic) bond motifs is 2. The third kappa shape index (κ3) is 3.41. The molecule has 7 nitrogen and oxygen atoms in total. The van der Waals surface area contributed by atoms with Crippen molar-refractivity contribution in [2.45, 2.75) is 58.4 Å². The van der Waals surface area contributed by atoms with Gasteiger partial charge in [-0.1, -0.05) is 18.2 Å². The fourth-order valence-electron chi connectivity index (χ4n) is 5.24. The van der Waals surface area contributed by atoms with Crippen LogP contribution in [0.15, 0.2) is 28.7 Å². The van der Waals surface area contributed by atoms with Crippen molar-refractivity contribution >= 4 is 28.6 Å². The minimum atomic E-state index is -0.221. The van der Waals surface area contributed by atoms with Crippen LogP contribution in [0.1, 0.15) is 71.3 Å². The second-order valence-corrected chi connectivity index (χ2v) is 9.66. The summed E-state index contributed by atoms with van der Waals surface area (Å²) in [6.07, 6.45) is 5.49. The first-order chi connectivity index (χ1) is 16.0. The van der Waals surface area contributed by atoms with Crippen LogP contribution in [0.2, 0.25) is 0 Å². The van der Waals surface area contributed by atoms with E-state index in [1.807, 2.05) is 47.9 Å². The van der Waals surface area contributed by atoms with Gasteiger partial charge in [0.25, 0.3) is 5.91 Å². The van der Waals surface area contributed by atoms with Gasteiger partial charge < -0.3 is 9.32 Å². The van der Waals surface area contributed by atoms with Gasteiger partial charge in [-0.25, -0.2) is 9.97 Å². The first-order valence-corrected chi connectivity index (χ1v) is 12.0. The molecule has 0 N–H and O–H groups in total. The number of benzene rings is 1. The van der Waals surface area contributed by atoms with Gasteiger partial charge in [-0.05, 0) is 57.9 Å². The van der Waals surface area contributed by atoms with Gasteiger partial charge in [0.2, 0.25) is 5.91 Å². The topological polar surface area (TPSA) is 79.5 Å². The zero-order chi connectivity index (χ0) is 22.7. The molecule has 0 radical (unpaired) electrons. The summed E-state index contributed by atoms with van der Waals surface area (Å²) in [5.74, 6) is 2.38. The molecular weight excluding hydrogens is 416 g/mol. The maximum atomic E-state index is 13.7. The number of aryl methyl sites for hydroxylation is 2. The quantitative estimate of drug-likeness (QED) is 0.592. The lowest BCUT2D eigenvalue weighted by Crippen LogP contribution is -2.39. The molecule has 1 aliphatic carbocycles. The number of piperidine rings is 1. The number of carbonyl (C=O) groups excluding carboxylic acids is 2. The molecule has 2 fully saturated rings. The van der Waals surface area contributed by atoms with Crippen molar-refractivity contribution in [2.24, 2.45) is 5.92 Å². The number of rotatable bonds is 4. The number of hydrogen-bond donors (Lipinski definition) is 0. The van der Waals surface area contributed by atoms with E-state index in [0.717, 1.165) is 59.4 Å². The summed E-state index contributed by atoms with van der Waals surface area (Å²) in [7, 11) is 0. The normalized spacial score (nSPS) is 20.5. The summed E-state index contributed by atoms with van der Waals surface area (Å²) < 4.78 is 5.99. The monoisotopic (exact) mass is 444 g/mol. The van der Waals surface area contributed by atoms with E-state index < -0.39 is 0 Å². The zero-order valence-corrected chi connectivity index (χ0v) is 19.1. The number of nitrogens with zero attached hydrogens (tertiary/aromatic N) is 4. The zero-order valence-electron chi connectivity index (χ0n) is 19.1. The Bertz CT molecular complexity index is 1280. The molecule has 33 heavy (non-hydrogen) atoms. The second-order valence-electron chi connectivity index (χ2n) is 9.66. The molecule has 0 bridgehead atoms. The summed E-state index contributed by atoms with van der Waals surface area (Å²) in [4.78, 5) is 39.8. The number of amides is 2. The van der Waals surface area contributed by atoms with Gasteiger partial charge in [0.1, 0.15) is 11.4 Å². The van der Waals surface area contributed by atoms with Gasteiger partial charge in [0.15, 0.2) is 11.6 Å². The molecule has 1 saturated heterocycles. The van der Waals surface area contributed by atoms with Crippen LogP contribution in [0.4, 0.5) is 5.82 Å². The van der Waals surface area contributed by atoms with Crippen LogP contribution in [-0.2, 0) is 11.2 Å². The average molecular weight is 445 g/mol. The van der Waals surface area contributed by atoms with Gasteiger partial charge in [0, 0.05) is 35.3 Å². The van der Waals surface area contributed by atoms with Crippen LogP contribution < -0.4 is 4.90 Å². The van der Waals surface area contributed by atoms with Gasteiger partial charge in [0.05, 0.1) is 12.5 Å². The van der Waals surface area contributed by atoms with Crippen molar-refractivity contribution in [2.75, 3.05) is 18.0 Å². The van der Waals surface area contributed by atoms with Gasteiger partial charge in [-0.3, -0.25) is 14.5 Å². The Labute approximate surface area is 192 Å². The van der Waals surface area contributed by atoms with E-state index in [0.29, 0.717) is 30.5 Å². The number of hydrogen-bond acceptors (Lipinski definition) is 5. The molecule has 3 aromatic rings. The lowest BCUT2D eigenvalue weighted by Gasteiger charge is -2.34. The van der Waals surface area contributed by atoms with E-state index in [1.165, 1.54) is 12.8 Å². The number of para-hydroxylation sites is 1.